The van der Waals surface area contributed by atoms with Crippen LogP contribution in [0.25, 0.3) is 0 Å². The van der Waals surface area contributed by atoms with Crippen LogP contribution in [0.4, 0.5) is 4.79 Å². The first-order valence-electron chi connectivity index (χ1n) is 12.9. The predicted molar refractivity (Wildman–Crippen MR) is 161 cm³/mol. The van der Waals surface area contributed by atoms with E-state index in [-0.39, 0.29) is 36.7 Å². The van der Waals surface area contributed by atoms with Crippen molar-refractivity contribution in [3.63, 3.8) is 0 Å². The summed E-state index contributed by atoms with van der Waals surface area (Å²) in [5, 5.41) is 10.9. The van der Waals surface area contributed by atoms with Gasteiger partial charge in [-0.05, 0) is 72.8 Å². The normalized spacial score (nSPS) is 16.7. The average molecular weight is 706 g/mol. The lowest BCUT2D eigenvalue weighted by Gasteiger charge is -2.34. The van der Waals surface area contributed by atoms with Crippen LogP contribution in [-0.4, -0.2) is 73.3 Å². The minimum Gasteiger partial charge on any atom is -0.502 e. The van der Waals surface area contributed by atoms with Crippen LogP contribution < -0.4 is 9.47 Å². The Labute approximate surface area is 260 Å². The largest absolute Gasteiger partial charge is 0.502 e. The average Bonchev–Trinajstić information content (AvgIpc) is 2.99. The van der Waals surface area contributed by atoms with Crippen LogP contribution in [0.3, 0.4) is 0 Å². The molecule has 222 valence electrons. The third kappa shape index (κ3) is 6.81. The number of methoxy groups -OCH3 is 2. The van der Waals surface area contributed by atoms with Gasteiger partial charge in [0.25, 0.3) is 0 Å². The molecule has 42 heavy (non-hydrogen) atoms. The molecule has 3 aromatic rings. The van der Waals surface area contributed by atoms with E-state index in [0.29, 0.717) is 25.8 Å². The summed E-state index contributed by atoms with van der Waals surface area (Å²) in [6, 6.07) is 13.7. The number of phenolic OH excluding ortho intramolecular Hbond substituents is 1. The number of esters is 1. The molecule has 2 atom stereocenters. The fourth-order valence-electron chi connectivity index (χ4n) is 4.61. The Kier molecular flexibility index (Phi) is 10.00. The van der Waals surface area contributed by atoms with Crippen LogP contribution in [0.2, 0.25) is 0 Å². The highest BCUT2D eigenvalue weighted by Crippen LogP contribution is 2.44. The van der Waals surface area contributed by atoms with Crippen molar-refractivity contribution in [2.24, 2.45) is 0 Å². The number of carbonyl (C=O) groups excluding carboxylic acids is 3. The van der Waals surface area contributed by atoms with Crippen molar-refractivity contribution in [3.8, 4) is 23.0 Å². The SMILES string of the molecule is COC(=O)[C@@H]1Cc2cc(Br)c(c(Br)c2)Oc2cc(cc(OC)c2O)C[C@H](N(C)C(=O)OCc2ccccc2)C(=O)N1C. The molecule has 0 aliphatic carbocycles. The number of rotatable bonds is 5. The molecular formula is C30H30Br2N2O8. The zero-order chi connectivity index (χ0) is 30.6. The summed E-state index contributed by atoms with van der Waals surface area (Å²) >= 11 is 7.02. The van der Waals surface area contributed by atoms with E-state index in [1.807, 2.05) is 30.3 Å². The minimum atomic E-state index is -1.10. The Morgan fingerprint density at radius 2 is 1.69 bits per heavy atom. The maximum absolute atomic E-state index is 14.1. The van der Waals surface area contributed by atoms with Crippen molar-refractivity contribution in [2.75, 3.05) is 28.3 Å². The van der Waals surface area contributed by atoms with Crippen LogP contribution >= 0.6 is 31.9 Å². The van der Waals surface area contributed by atoms with Crippen LogP contribution in [-0.2, 0) is 38.5 Å². The van der Waals surface area contributed by atoms with Gasteiger partial charge in [-0.1, -0.05) is 30.3 Å². The van der Waals surface area contributed by atoms with E-state index in [1.54, 1.807) is 24.3 Å². The summed E-state index contributed by atoms with van der Waals surface area (Å²) in [5.41, 5.74) is 1.99. The smallest absolute Gasteiger partial charge is 0.410 e. The fourth-order valence-corrected chi connectivity index (χ4v) is 6.06. The number of halogens is 2. The van der Waals surface area contributed by atoms with Gasteiger partial charge in [0.2, 0.25) is 11.7 Å². The monoisotopic (exact) mass is 704 g/mol. The summed E-state index contributed by atoms with van der Waals surface area (Å²) in [6.45, 7) is 0.00985. The number of amides is 2. The lowest BCUT2D eigenvalue weighted by molar-refractivity contribution is -0.153. The Morgan fingerprint density at radius 1 is 1.05 bits per heavy atom. The zero-order valence-corrected chi connectivity index (χ0v) is 26.6. The number of ether oxygens (including phenoxy) is 4. The van der Waals surface area contributed by atoms with Gasteiger partial charge in [-0.15, -0.1) is 0 Å². The first-order valence-corrected chi connectivity index (χ1v) is 14.5. The number of hydrogen-bond acceptors (Lipinski definition) is 8. The number of nitrogens with zero attached hydrogens (tertiary/aromatic N) is 2. The highest BCUT2D eigenvalue weighted by atomic mass is 79.9. The van der Waals surface area contributed by atoms with E-state index in [1.165, 1.54) is 38.1 Å². The number of phenols is 1. The molecule has 2 heterocycles. The van der Waals surface area contributed by atoms with Gasteiger partial charge < -0.3 is 29.0 Å². The first-order chi connectivity index (χ1) is 20.0. The summed E-state index contributed by atoms with van der Waals surface area (Å²) in [7, 11) is 5.60. The minimum absolute atomic E-state index is 0.00985. The molecular weight excluding hydrogens is 676 g/mol. The summed E-state index contributed by atoms with van der Waals surface area (Å²) < 4.78 is 23.2. The maximum Gasteiger partial charge on any atom is 0.410 e. The van der Waals surface area contributed by atoms with Crippen molar-refractivity contribution in [2.45, 2.75) is 31.5 Å². The van der Waals surface area contributed by atoms with Crippen molar-refractivity contribution >= 4 is 49.8 Å². The molecule has 0 saturated heterocycles. The lowest BCUT2D eigenvalue weighted by Crippen LogP contribution is -2.54. The molecule has 2 aliphatic rings. The molecule has 0 saturated carbocycles. The molecule has 12 heteroatoms. The molecule has 5 rings (SSSR count). The van der Waals surface area contributed by atoms with Crippen molar-refractivity contribution in [1.82, 2.24) is 9.80 Å². The van der Waals surface area contributed by atoms with E-state index >= 15 is 0 Å². The van der Waals surface area contributed by atoms with Gasteiger partial charge in [-0.25, -0.2) is 9.59 Å². The van der Waals surface area contributed by atoms with Crippen molar-refractivity contribution in [1.29, 1.82) is 0 Å². The van der Waals surface area contributed by atoms with E-state index in [2.05, 4.69) is 31.9 Å². The third-order valence-electron chi connectivity index (χ3n) is 6.98. The van der Waals surface area contributed by atoms with E-state index in [9.17, 15) is 19.5 Å². The van der Waals surface area contributed by atoms with Gasteiger partial charge in [0.05, 0.1) is 23.2 Å². The quantitative estimate of drug-likeness (QED) is 0.349. The molecule has 3 aromatic carbocycles. The van der Waals surface area contributed by atoms with E-state index < -0.39 is 30.1 Å². The van der Waals surface area contributed by atoms with Crippen LogP contribution in [0.1, 0.15) is 16.7 Å². The number of hydrogen-bond donors (Lipinski definition) is 1. The van der Waals surface area contributed by atoms with Gasteiger partial charge in [0, 0.05) is 26.9 Å². The Morgan fingerprint density at radius 3 is 2.31 bits per heavy atom. The van der Waals surface area contributed by atoms with E-state index in [4.69, 9.17) is 18.9 Å². The Bertz CT molecular complexity index is 1460. The Balaban J connectivity index is 1.80. The van der Waals surface area contributed by atoms with Crippen LogP contribution in [0, 0.1) is 0 Å². The summed E-state index contributed by atoms with van der Waals surface area (Å²) in [5.74, 6) is -0.810. The molecule has 0 spiro atoms. The highest BCUT2D eigenvalue weighted by molar-refractivity contribution is 9.11. The third-order valence-corrected chi connectivity index (χ3v) is 8.16. The second-order valence-corrected chi connectivity index (χ2v) is 11.4. The standard InChI is InChI=1S/C30H30Br2N2O8/c1-33-23(29(37)40-4)13-18-10-20(31)27(21(32)11-18)42-25-15-19(14-24(39-3)26(25)35)12-22(28(33)36)34(2)30(38)41-16-17-8-6-5-7-9-17/h5-11,14-15,22-23,35H,12-13,16H2,1-4H3/t22-,23-/m0/s1. The summed E-state index contributed by atoms with van der Waals surface area (Å²) in [6.07, 6.45) is -0.627. The molecule has 0 radical (unpaired) electrons. The molecule has 4 bridgehead atoms. The number of benzene rings is 3. The van der Waals surface area contributed by atoms with E-state index in [0.717, 1.165) is 5.56 Å². The number of likely N-dealkylation sites (N-methyl/N-ethyl adjacent to an activating group) is 2. The molecule has 10 nitrogen and oxygen atoms in total. The van der Waals surface area contributed by atoms with Gasteiger partial charge in [-0.3, -0.25) is 9.69 Å². The molecule has 0 unspecified atom stereocenters. The van der Waals surface area contributed by atoms with Crippen molar-refractivity contribution in [3.05, 3.63) is 80.2 Å². The topological polar surface area (TPSA) is 115 Å². The Hall–Kier alpha value is -3.77. The summed E-state index contributed by atoms with van der Waals surface area (Å²) in [4.78, 5) is 42.8. The molecule has 0 aromatic heterocycles. The van der Waals surface area contributed by atoms with Crippen molar-refractivity contribution < 1.29 is 38.4 Å². The second kappa shape index (κ2) is 13.5. The van der Waals surface area contributed by atoms with Crippen LogP contribution in [0.5, 0.6) is 23.0 Å². The maximum atomic E-state index is 14.1. The van der Waals surface area contributed by atoms with Gasteiger partial charge >= 0.3 is 12.1 Å². The first kappa shape index (κ1) is 31.2. The fraction of sp³-hybridized carbons (Fsp3) is 0.300. The number of carbonyl (C=O) groups is 3. The zero-order valence-electron chi connectivity index (χ0n) is 23.4. The second-order valence-electron chi connectivity index (χ2n) is 9.70. The highest BCUT2D eigenvalue weighted by Gasteiger charge is 2.37. The molecule has 2 aliphatic heterocycles. The molecule has 0 fully saturated rings. The van der Waals surface area contributed by atoms with Crippen LogP contribution in [0.15, 0.2) is 63.5 Å². The van der Waals surface area contributed by atoms with Gasteiger partial charge in [-0.2, -0.15) is 0 Å². The molecule has 1 N–H and O–H groups in total. The van der Waals surface area contributed by atoms with Gasteiger partial charge in [0.1, 0.15) is 18.7 Å². The lowest BCUT2D eigenvalue weighted by atomic mass is 9.99. The number of fused-ring (bicyclic) bond motifs is 7. The van der Waals surface area contributed by atoms with Gasteiger partial charge in [0.15, 0.2) is 17.2 Å². The number of aromatic hydroxyl groups is 1. The predicted octanol–water partition coefficient (Wildman–Crippen LogP) is 5.45. The molecule has 2 amide bonds.